The largest absolute Gasteiger partial charge is 0.495 e. The fraction of sp³-hybridized carbons (Fsp3) is 0.562. The van der Waals surface area contributed by atoms with Gasteiger partial charge in [-0.15, -0.1) is 0 Å². The summed E-state index contributed by atoms with van der Waals surface area (Å²) in [6, 6.07) is 0. The number of aliphatic hydroxyl groups is 1. The van der Waals surface area contributed by atoms with Crippen LogP contribution in [0.2, 0.25) is 0 Å². The molecule has 1 rings (SSSR count). The summed E-state index contributed by atoms with van der Waals surface area (Å²) in [4.78, 5) is 36.2. The molecule has 1 atom stereocenters. The fourth-order valence-corrected chi connectivity index (χ4v) is 1.92. The van der Waals surface area contributed by atoms with Crippen LogP contribution in [0.4, 0.5) is 0 Å². The molecular weight excluding hydrogens is 318 g/mol. The summed E-state index contributed by atoms with van der Waals surface area (Å²) in [6.45, 7) is 7.55. The Bertz CT molecular complexity index is 539. The van der Waals surface area contributed by atoms with E-state index >= 15 is 0 Å². The van der Waals surface area contributed by atoms with E-state index in [9.17, 15) is 19.5 Å². The summed E-state index contributed by atoms with van der Waals surface area (Å²) in [6.07, 6.45) is 0.485. The van der Waals surface area contributed by atoms with Gasteiger partial charge in [0.1, 0.15) is 18.5 Å². The number of morpholine rings is 1. The molecule has 1 heterocycles. The van der Waals surface area contributed by atoms with E-state index in [0.29, 0.717) is 18.9 Å². The lowest BCUT2D eigenvalue weighted by atomic mass is 9.86. The van der Waals surface area contributed by atoms with Gasteiger partial charge in [-0.3, -0.25) is 4.79 Å². The first-order valence-electron chi connectivity index (χ1n) is 7.37. The third-order valence-corrected chi connectivity index (χ3v) is 3.46. The minimum atomic E-state index is -1.36. The van der Waals surface area contributed by atoms with Crippen molar-refractivity contribution in [2.24, 2.45) is 5.41 Å². The van der Waals surface area contributed by atoms with Crippen LogP contribution < -0.4 is 0 Å². The molecule has 0 saturated carbocycles. The molecule has 0 aliphatic carbocycles. The molecule has 1 saturated heterocycles. The lowest BCUT2D eigenvalue weighted by Gasteiger charge is -2.35. The zero-order valence-corrected chi connectivity index (χ0v) is 14.1. The number of nitrogens with zero attached hydrogens (tertiary/aromatic N) is 1. The first-order chi connectivity index (χ1) is 11.2. The van der Waals surface area contributed by atoms with Gasteiger partial charge in [-0.25, -0.2) is 9.59 Å². The Morgan fingerprint density at radius 1 is 1.38 bits per heavy atom. The van der Waals surface area contributed by atoms with Crippen LogP contribution in [0.5, 0.6) is 0 Å². The number of hydrogen-bond acceptors (Lipinski definition) is 7. The maximum absolute atomic E-state index is 12.4. The smallest absolute Gasteiger partial charge is 0.331 e. The average Bonchev–Trinajstić information content (AvgIpc) is 2.56. The molecule has 1 fully saturated rings. The van der Waals surface area contributed by atoms with E-state index in [-0.39, 0.29) is 13.2 Å². The number of amides is 1. The van der Waals surface area contributed by atoms with Crippen molar-refractivity contribution in [3.05, 3.63) is 24.5 Å². The Balaban J connectivity index is 2.58. The maximum Gasteiger partial charge on any atom is 0.331 e. The Labute approximate surface area is 140 Å². The molecule has 1 aliphatic rings. The quantitative estimate of drug-likeness (QED) is 0.536. The van der Waals surface area contributed by atoms with E-state index in [1.54, 1.807) is 13.8 Å². The molecule has 24 heavy (non-hydrogen) atoms. The zero-order valence-electron chi connectivity index (χ0n) is 14.1. The van der Waals surface area contributed by atoms with Gasteiger partial charge in [0.05, 0.1) is 26.8 Å². The molecular formula is C16H23NO7. The second-order valence-corrected chi connectivity index (χ2v) is 6.00. The summed E-state index contributed by atoms with van der Waals surface area (Å²) >= 11 is 0. The average molecular weight is 341 g/mol. The molecule has 1 aliphatic heterocycles. The van der Waals surface area contributed by atoms with Crippen LogP contribution in [0.25, 0.3) is 0 Å². The van der Waals surface area contributed by atoms with Crippen molar-refractivity contribution in [3.63, 3.8) is 0 Å². The fourth-order valence-electron chi connectivity index (χ4n) is 1.92. The Morgan fingerprint density at radius 2 is 2.00 bits per heavy atom. The second-order valence-electron chi connectivity index (χ2n) is 6.00. The van der Waals surface area contributed by atoms with Crippen molar-refractivity contribution in [2.75, 3.05) is 33.4 Å². The molecule has 1 N–H and O–H groups in total. The summed E-state index contributed by atoms with van der Waals surface area (Å²) < 4.78 is 14.5. The van der Waals surface area contributed by atoms with Crippen LogP contribution in [0, 0.1) is 5.41 Å². The van der Waals surface area contributed by atoms with Gasteiger partial charge >= 0.3 is 11.9 Å². The van der Waals surface area contributed by atoms with Crippen molar-refractivity contribution < 1.29 is 33.7 Å². The van der Waals surface area contributed by atoms with Crippen molar-refractivity contribution >= 4 is 17.8 Å². The van der Waals surface area contributed by atoms with Crippen molar-refractivity contribution in [1.82, 2.24) is 4.90 Å². The zero-order chi connectivity index (χ0) is 18.3. The highest BCUT2D eigenvalue weighted by Crippen LogP contribution is 2.24. The SMILES string of the molecule is C=C1CN(C(=O)[C@H](O)C(C)(C)COC(=O)/C=C/C(=O)OC)CCO1. The van der Waals surface area contributed by atoms with Gasteiger partial charge in [0.2, 0.25) is 0 Å². The predicted octanol–water partition coefficient (Wildman–Crippen LogP) is 0.0184. The summed E-state index contributed by atoms with van der Waals surface area (Å²) in [5.74, 6) is -1.48. The first kappa shape index (κ1) is 19.7. The molecule has 0 aromatic heterocycles. The van der Waals surface area contributed by atoms with Crippen LogP contribution >= 0.6 is 0 Å². The standard InChI is InChI=1S/C16H23NO7/c1-11-9-17(7-8-23-11)15(21)14(20)16(2,3)10-24-13(19)6-5-12(18)22-4/h5-6,14,20H,1,7-10H2,2-4H3/b6-5+/t14-/m0/s1. The van der Waals surface area contributed by atoms with Crippen molar-refractivity contribution in [3.8, 4) is 0 Å². The number of esters is 2. The minimum Gasteiger partial charge on any atom is -0.495 e. The van der Waals surface area contributed by atoms with Gasteiger partial charge in [-0.1, -0.05) is 20.4 Å². The molecule has 0 radical (unpaired) electrons. The summed E-state index contributed by atoms with van der Waals surface area (Å²) in [5, 5.41) is 10.3. The Hall–Kier alpha value is -2.35. The van der Waals surface area contributed by atoms with E-state index in [1.807, 2.05) is 0 Å². The number of carbonyl (C=O) groups excluding carboxylic acids is 3. The molecule has 8 heteroatoms. The highest BCUT2D eigenvalue weighted by atomic mass is 16.5. The first-order valence-corrected chi connectivity index (χ1v) is 7.37. The predicted molar refractivity (Wildman–Crippen MR) is 83.6 cm³/mol. The Kier molecular flexibility index (Phi) is 6.97. The number of methoxy groups -OCH3 is 1. The molecule has 0 unspecified atom stereocenters. The van der Waals surface area contributed by atoms with E-state index in [4.69, 9.17) is 9.47 Å². The van der Waals surface area contributed by atoms with E-state index in [2.05, 4.69) is 11.3 Å². The number of carbonyl (C=O) groups is 3. The highest BCUT2D eigenvalue weighted by Gasteiger charge is 2.38. The van der Waals surface area contributed by atoms with Crippen molar-refractivity contribution in [1.29, 1.82) is 0 Å². The second kappa shape index (κ2) is 8.49. The third kappa shape index (κ3) is 5.69. The van der Waals surface area contributed by atoms with Crippen LogP contribution in [0.15, 0.2) is 24.5 Å². The molecule has 0 spiro atoms. The van der Waals surface area contributed by atoms with Gasteiger partial charge in [0, 0.05) is 17.6 Å². The van der Waals surface area contributed by atoms with E-state index in [1.165, 1.54) is 12.0 Å². The molecule has 0 aromatic rings. The van der Waals surface area contributed by atoms with Gasteiger partial charge in [-0.2, -0.15) is 0 Å². The lowest BCUT2D eigenvalue weighted by molar-refractivity contribution is -0.156. The van der Waals surface area contributed by atoms with E-state index in [0.717, 1.165) is 12.2 Å². The number of hydrogen-bond donors (Lipinski definition) is 1. The van der Waals surface area contributed by atoms with Crippen molar-refractivity contribution in [2.45, 2.75) is 20.0 Å². The molecule has 1 amide bonds. The number of aliphatic hydroxyl groups excluding tert-OH is 1. The maximum atomic E-state index is 12.4. The van der Waals surface area contributed by atoms with Gasteiger partial charge in [-0.05, 0) is 0 Å². The van der Waals surface area contributed by atoms with Gasteiger partial charge in [0.25, 0.3) is 5.91 Å². The minimum absolute atomic E-state index is 0.199. The highest BCUT2D eigenvalue weighted by molar-refractivity contribution is 5.91. The molecule has 0 aromatic carbocycles. The number of rotatable bonds is 6. The van der Waals surface area contributed by atoms with Gasteiger partial charge in [0.15, 0.2) is 0 Å². The van der Waals surface area contributed by atoms with Crippen LogP contribution in [-0.2, 0) is 28.6 Å². The van der Waals surface area contributed by atoms with Crippen LogP contribution in [0.1, 0.15) is 13.8 Å². The van der Waals surface area contributed by atoms with Crippen LogP contribution in [-0.4, -0.2) is 67.4 Å². The van der Waals surface area contributed by atoms with Crippen LogP contribution in [0.3, 0.4) is 0 Å². The number of ether oxygens (including phenoxy) is 3. The molecule has 0 bridgehead atoms. The molecule has 8 nitrogen and oxygen atoms in total. The summed E-state index contributed by atoms with van der Waals surface area (Å²) in [5.41, 5.74) is -1.01. The molecule has 134 valence electrons. The Morgan fingerprint density at radius 3 is 2.58 bits per heavy atom. The normalized spacial score (nSPS) is 16.5. The lowest BCUT2D eigenvalue weighted by Crippen LogP contribution is -2.50. The monoisotopic (exact) mass is 341 g/mol. The van der Waals surface area contributed by atoms with Gasteiger partial charge < -0.3 is 24.2 Å². The van der Waals surface area contributed by atoms with E-state index < -0.39 is 29.4 Å². The summed E-state index contributed by atoms with van der Waals surface area (Å²) in [7, 11) is 1.18. The third-order valence-electron chi connectivity index (χ3n) is 3.46. The topological polar surface area (TPSA) is 102 Å².